The van der Waals surface area contributed by atoms with Crippen LogP contribution in [0, 0.1) is 5.41 Å². The van der Waals surface area contributed by atoms with Crippen LogP contribution in [-0.2, 0) is 14.3 Å². The molecule has 0 radical (unpaired) electrons. The SMILES string of the molecule is CN/C(=C\C=N)C(=O)NCC(=O)Nc1ccc(C2=CCOCC2)cc1. The summed E-state index contributed by atoms with van der Waals surface area (Å²) < 4.78 is 5.30. The van der Waals surface area contributed by atoms with E-state index >= 15 is 0 Å². The number of carbonyl (C=O) groups excluding carboxylic acids is 2. The highest BCUT2D eigenvalue weighted by Crippen LogP contribution is 2.22. The summed E-state index contributed by atoms with van der Waals surface area (Å²) in [7, 11) is 1.57. The molecule has 0 aromatic heterocycles. The lowest BCUT2D eigenvalue weighted by Gasteiger charge is -2.14. The summed E-state index contributed by atoms with van der Waals surface area (Å²) in [6.45, 7) is 1.21. The standard InChI is InChI=1S/C18H22N4O3/c1-20-16(6-9-19)18(24)21-12-17(23)22-15-4-2-13(3-5-15)14-7-10-25-11-8-14/h2-7,9,19-20H,8,10-12H2,1H3,(H,21,24)(H,22,23)/b16-6-,19-9?. The Labute approximate surface area is 146 Å². The molecule has 7 heteroatoms. The minimum absolute atomic E-state index is 0.153. The number of benzene rings is 1. The number of allylic oxidation sites excluding steroid dienone is 1. The predicted molar refractivity (Wildman–Crippen MR) is 97.4 cm³/mol. The molecule has 2 rings (SSSR count). The minimum atomic E-state index is -0.442. The van der Waals surface area contributed by atoms with Gasteiger partial charge in [-0.2, -0.15) is 0 Å². The van der Waals surface area contributed by atoms with Gasteiger partial charge in [-0.1, -0.05) is 18.2 Å². The molecule has 0 spiro atoms. The fourth-order valence-corrected chi connectivity index (χ4v) is 2.37. The smallest absolute Gasteiger partial charge is 0.267 e. The summed E-state index contributed by atoms with van der Waals surface area (Å²) in [6.07, 6.45) is 5.26. The average molecular weight is 342 g/mol. The Morgan fingerprint density at radius 1 is 1.28 bits per heavy atom. The molecule has 0 atom stereocenters. The van der Waals surface area contributed by atoms with E-state index in [4.69, 9.17) is 10.1 Å². The van der Waals surface area contributed by atoms with Gasteiger partial charge in [0.05, 0.1) is 19.8 Å². The fourth-order valence-electron chi connectivity index (χ4n) is 2.37. The van der Waals surface area contributed by atoms with E-state index in [1.54, 1.807) is 7.05 Å². The van der Waals surface area contributed by atoms with Gasteiger partial charge >= 0.3 is 0 Å². The second kappa shape index (κ2) is 9.39. The molecular formula is C18H22N4O3. The zero-order chi connectivity index (χ0) is 18.1. The molecule has 1 aromatic carbocycles. The molecule has 1 aliphatic rings. The first-order valence-electron chi connectivity index (χ1n) is 7.98. The summed E-state index contributed by atoms with van der Waals surface area (Å²) in [5.41, 5.74) is 3.25. The van der Waals surface area contributed by atoms with E-state index in [0.29, 0.717) is 12.3 Å². The molecule has 25 heavy (non-hydrogen) atoms. The largest absolute Gasteiger partial charge is 0.384 e. The first kappa shape index (κ1) is 18.4. The van der Waals surface area contributed by atoms with E-state index in [2.05, 4.69) is 22.0 Å². The second-order valence-electron chi connectivity index (χ2n) is 5.36. The Kier molecular flexibility index (Phi) is 6.91. The van der Waals surface area contributed by atoms with Crippen molar-refractivity contribution in [1.29, 1.82) is 5.41 Å². The van der Waals surface area contributed by atoms with Crippen molar-refractivity contribution in [1.82, 2.24) is 10.6 Å². The summed E-state index contributed by atoms with van der Waals surface area (Å²) in [4.78, 5) is 23.7. The zero-order valence-electron chi connectivity index (χ0n) is 14.1. The molecule has 0 unspecified atom stereocenters. The number of likely N-dealkylation sites (N-methyl/N-ethyl adjacent to an activating group) is 1. The van der Waals surface area contributed by atoms with Crippen LogP contribution in [0.1, 0.15) is 12.0 Å². The predicted octanol–water partition coefficient (Wildman–Crippen LogP) is 1.30. The van der Waals surface area contributed by atoms with E-state index < -0.39 is 5.91 Å². The highest BCUT2D eigenvalue weighted by molar-refractivity contribution is 6.00. The van der Waals surface area contributed by atoms with Crippen molar-refractivity contribution in [3.63, 3.8) is 0 Å². The molecule has 4 N–H and O–H groups in total. The molecule has 0 saturated carbocycles. The van der Waals surface area contributed by atoms with E-state index in [1.165, 1.54) is 11.6 Å². The van der Waals surface area contributed by atoms with Crippen LogP contribution in [0.2, 0.25) is 0 Å². The molecular weight excluding hydrogens is 320 g/mol. The van der Waals surface area contributed by atoms with E-state index in [9.17, 15) is 9.59 Å². The highest BCUT2D eigenvalue weighted by atomic mass is 16.5. The second-order valence-corrected chi connectivity index (χ2v) is 5.36. The van der Waals surface area contributed by atoms with E-state index in [-0.39, 0.29) is 18.1 Å². The van der Waals surface area contributed by atoms with Gasteiger partial charge in [-0.25, -0.2) is 0 Å². The first-order valence-corrected chi connectivity index (χ1v) is 7.98. The quantitative estimate of drug-likeness (QED) is 0.443. The van der Waals surface area contributed by atoms with Gasteiger partial charge in [0.2, 0.25) is 5.91 Å². The van der Waals surface area contributed by atoms with Crippen molar-refractivity contribution in [2.24, 2.45) is 0 Å². The summed E-state index contributed by atoms with van der Waals surface area (Å²) in [6, 6.07) is 7.58. The van der Waals surface area contributed by atoms with Crippen molar-refractivity contribution < 1.29 is 14.3 Å². The van der Waals surface area contributed by atoms with Crippen molar-refractivity contribution in [2.75, 3.05) is 32.1 Å². The molecule has 1 aliphatic heterocycles. The fraction of sp³-hybridized carbons (Fsp3) is 0.278. The third-order valence-electron chi connectivity index (χ3n) is 3.68. The zero-order valence-corrected chi connectivity index (χ0v) is 14.1. The first-order chi connectivity index (χ1) is 12.1. The maximum atomic E-state index is 11.9. The van der Waals surface area contributed by atoms with Gasteiger partial charge in [-0.15, -0.1) is 0 Å². The van der Waals surface area contributed by atoms with Crippen molar-refractivity contribution in [3.8, 4) is 0 Å². The van der Waals surface area contributed by atoms with Gasteiger partial charge in [-0.3, -0.25) is 9.59 Å². The van der Waals surface area contributed by atoms with Crippen LogP contribution in [-0.4, -0.2) is 44.8 Å². The Morgan fingerprint density at radius 3 is 2.64 bits per heavy atom. The monoisotopic (exact) mass is 342 g/mol. The average Bonchev–Trinajstić information content (AvgIpc) is 2.65. The molecule has 0 aliphatic carbocycles. The number of rotatable bonds is 7. The maximum Gasteiger partial charge on any atom is 0.267 e. The van der Waals surface area contributed by atoms with Crippen molar-refractivity contribution in [2.45, 2.75) is 6.42 Å². The van der Waals surface area contributed by atoms with E-state index in [0.717, 1.165) is 24.8 Å². The van der Waals surface area contributed by atoms with Crippen LogP contribution in [0.15, 0.2) is 42.1 Å². The molecule has 1 aromatic rings. The third kappa shape index (κ3) is 5.58. The molecule has 7 nitrogen and oxygen atoms in total. The molecule has 2 amide bonds. The molecule has 0 bridgehead atoms. The lowest BCUT2D eigenvalue weighted by atomic mass is 10.0. The summed E-state index contributed by atoms with van der Waals surface area (Å²) in [5.74, 6) is -0.764. The van der Waals surface area contributed by atoms with Gasteiger partial charge in [0.1, 0.15) is 5.70 Å². The maximum absolute atomic E-state index is 11.9. The van der Waals surface area contributed by atoms with Gasteiger partial charge in [-0.05, 0) is 35.8 Å². The number of amides is 2. The number of hydrogen-bond acceptors (Lipinski definition) is 5. The number of ether oxygens (including phenoxy) is 1. The Morgan fingerprint density at radius 2 is 2.04 bits per heavy atom. The van der Waals surface area contributed by atoms with Crippen LogP contribution in [0.3, 0.4) is 0 Å². The minimum Gasteiger partial charge on any atom is -0.384 e. The van der Waals surface area contributed by atoms with Crippen LogP contribution in [0.4, 0.5) is 5.69 Å². The third-order valence-corrected chi connectivity index (χ3v) is 3.68. The lowest BCUT2D eigenvalue weighted by molar-refractivity contribution is -0.121. The molecule has 0 saturated heterocycles. The van der Waals surface area contributed by atoms with Crippen molar-refractivity contribution in [3.05, 3.63) is 47.7 Å². The van der Waals surface area contributed by atoms with Gasteiger partial charge < -0.3 is 26.1 Å². The number of anilines is 1. The normalized spacial score (nSPS) is 14.3. The topological polar surface area (TPSA) is 103 Å². The highest BCUT2D eigenvalue weighted by Gasteiger charge is 2.10. The van der Waals surface area contributed by atoms with Crippen LogP contribution < -0.4 is 16.0 Å². The van der Waals surface area contributed by atoms with Crippen LogP contribution in [0.25, 0.3) is 5.57 Å². The van der Waals surface area contributed by atoms with Crippen LogP contribution >= 0.6 is 0 Å². The Hall–Kier alpha value is -2.93. The summed E-state index contributed by atoms with van der Waals surface area (Å²) in [5, 5.41) is 14.9. The summed E-state index contributed by atoms with van der Waals surface area (Å²) >= 11 is 0. The molecule has 1 heterocycles. The Bertz CT molecular complexity index is 693. The van der Waals surface area contributed by atoms with Crippen LogP contribution in [0.5, 0.6) is 0 Å². The molecule has 0 fully saturated rings. The molecule has 132 valence electrons. The van der Waals surface area contributed by atoms with Gasteiger partial charge in [0.15, 0.2) is 0 Å². The van der Waals surface area contributed by atoms with Gasteiger partial charge in [0.25, 0.3) is 5.91 Å². The van der Waals surface area contributed by atoms with Gasteiger partial charge in [0, 0.05) is 18.9 Å². The van der Waals surface area contributed by atoms with E-state index in [1.807, 2.05) is 24.3 Å². The number of hydrogen-bond donors (Lipinski definition) is 4. The Balaban J connectivity index is 1.86. The number of carbonyl (C=O) groups is 2. The lowest BCUT2D eigenvalue weighted by Crippen LogP contribution is -2.36. The number of nitrogens with one attached hydrogen (secondary N) is 4. The van der Waals surface area contributed by atoms with Crippen molar-refractivity contribution >= 4 is 29.3 Å².